The van der Waals surface area contributed by atoms with Crippen LogP contribution in [0, 0.1) is 0 Å². The molecule has 1 aromatic heterocycles. The molecule has 1 rings (SSSR count). The Hall–Kier alpha value is -0.600. The molecule has 0 aromatic carbocycles. The normalized spacial score (nSPS) is 12.9. The van der Waals surface area contributed by atoms with Crippen LogP contribution < -0.4 is 5.73 Å². The number of thioether (sulfide) groups is 1. The van der Waals surface area contributed by atoms with E-state index in [1.807, 2.05) is 11.5 Å². The molecule has 0 radical (unpaired) electrons. The summed E-state index contributed by atoms with van der Waals surface area (Å²) in [4.78, 5) is 0. The lowest BCUT2D eigenvalue weighted by atomic mass is 10.3. The van der Waals surface area contributed by atoms with E-state index in [1.165, 1.54) is 11.8 Å². The van der Waals surface area contributed by atoms with Crippen molar-refractivity contribution >= 4 is 21.6 Å². The lowest BCUT2D eigenvalue weighted by Gasteiger charge is -2.18. The molecule has 0 spiro atoms. The van der Waals surface area contributed by atoms with Crippen LogP contribution in [0.1, 0.15) is 33.5 Å². The van der Waals surface area contributed by atoms with Crippen molar-refractivity contribution < 1.29 is 8.42 Å². The van der Waals surface area contributed by atoms with Gasteiger partial charge in [0, 0.05) is 12.3 Å². The zero-order valence-electron chi connectivity index (χ0n) is 11.9. The Labute approximate surface area is 119 Å². The summed E-state index contributed by atoms with van der Waals surface area (Å²) in [5.41, 5.74) is 5.57. The van der Waals surface area contributed by atoms with Crippen molar-refractivity contribution in [3.8, 4) is 0 Å². The molecule has 0 atom stereocenters. The van der Waals surface area contributed by atoms with E-state index >= 15 is 0 Å². The first-order chi connectivity index (χ1) is 8.73. The molecule has 0 saturated heterocycles. The van der Waals surface area contributed by atoms with Gasteiger partial charge in [-0.1, -0.05) is 11.8 Å². The zero-order chi connectivity index (χ0) is 14.7. The standard InChI is InChI=1S/C11H22N4O2S2/c1-5-15-9(8-12)13-14-10(15)18-6-7-19(16,17)11(2,3)4/h5-8,12H2,1-4H3. The maximum Gasteiger partial charge on any atom is 0.191 e. The highest BCUT2D eigenvalue weighted by atomic mass is 32.2. The minimum absolute atomic E-state index is 0.135. The van der Waals surface area contributed by atoms with Crippen molar-refractivity contribution in [3.63, 3.8) is 0 Å². The summed E-state index contributed by atoms with van der Waals surface area (Å²) in [6, 6.07) is 0. The van der Waals surface area contributed by atoms with Gasteiger partial charge in [-0.15, -0.1) is 10.2 Å². The van der Waals surface area contributed by atoms with Gasteiger partial charge in [-0.3, -0.25) is 0 Å². The Morgan fingerprint density at radius 2 is 1.95 bits per heavy atom. The molecule has 2 N–H and O–H groups in total. The molecule has 110 valence electrons. The molecule has 0 bridgehead atoms. The quantitative estimate of drug-likeness (QED) is 0.790. The summed E-state index contributed by atoms with van der Waals surface area (Å²) in [5.74, 6) is 1.33. The summed E-state index contributed by atoms with van der Waals surface area (Å²) in [5, 5.41) is 8.76. The van der Waals surface area contributed by atoms with E-state index < -0.39 is 14.6 Å². The van der Waals surface area contributed by atoms with Gasteiger partial charge in [-0.05, 0) is 27.7 Å². The second-order valence-electron chi connectivity index (χ2n) is 5.13. The number of aromatic nitrogens is 3. The largest absolute Gasteiger partial charge is 0.324 e. The molecule has 0 aliphatic rings. The van der Waals surface area contributed by atoms with Gasteiger partial charge in [0.15, 0.2) is 15.0 Å². The molecule has 0 aliphatic heterocycles. The first kappa shape index (κ1) is 16.5. The third-order valence-corrected chi connectivity index (χ3v) is 6.64. The van der Waals surface area contributed by atoms with Gasteiger partial charge in [0.2, 0.25) is 0 Å². The Kier molecular flexibility index (Phi) is 5.40. The highest BCUT2D eigenvalue weighted by Gasteiger charge is 2.28. The summed E-state index contributed by atoms with van der Waals surface area (Å²) in [6.07, 6.45) is 0. The van der Waals surface area contributed by atoms with E-state index in [2.05, 4.69) is 10.2 Å². The topological polar surface area (TPSA) is 90.9 Å². The Bertz CT molecular complexity index is 517. The third-order valence-electron chi connectivity index (χ3n) is 2.81. The molecule has 0 saturated carbocycles. The number of rotatable bonds is 6. The fourth-order valence-corrected chi connectivity index (χ4v) is 3.94. The van der Waals surface area contributed by atoms with Crippen LogP contribution in [0.3, 0.4) is 0 Å². The van der Waals surface area contributed by atoms with Gasteiger partial charge in [-0.2, -0.15) is 0 Å². The zero-order valence-corrected chi connectivity index (χ0v) is 13.5. The van der Waals surface area contributed by atoms with E-state index in [9.17, 15) is 8.42 Å². The third kappa shape index (κ3) is 3.93. The van der Waals surface area contributed by atoms with Gasteiger partial charge in [0.1, 0.15) is 5.82 Å². The van der Waals surface area contributed by atoms with Gasteiger partial charge in [0.25, 0.3) is 0 Å². The molecule has 0 unspecified atom stereocenters. The van der Waals surface area contributed by atoms with Crippen LogP contribution in [0.15, 0.2) is 5.16 Å². The van der Waals surface area contributed by atoms with Crippen molar-refractivity contribution in [2.75, 3.05) is 11.5 Å². The van der Waals surface area contributed by atoms with Crippen molar-refractivity contribution in [1.82, 2.24) is 14.8 Å². The molecular weight excluding hydrogens is 284 g/mol. The first-order valence-electron chi connectivity index (χ1n) is 6.20. The summed E-state index contributed by atoms with van der Waals surface area (Å²) < 4.78 is 25.2. The second kappa shape index (κ2) is 6.23. The summed E-state index contributed by atoms with van der Waals surface area (Å²) in [7, 11) is -3.09. The summed E-state index contributed by atoms with van der Waals surface area (Å²) in [6.45, 7) is 8.20. The molecule has 0 aliphatic carbocycles. The predicted molar refractivity (Wildman–Crippen MR) is 77.9 cm³/mol. The van der Waals surface area contributed by atoms with Crippen LogP contribution in [-0.2, 0) is 22.9 Å². The number of nitrogens with two attached hydrogens (primary N) is 1. The van der Waals surface area contributed by atoms with Crippen molar-refractivity contribution in [2.45, 2.75) is 50.7 Å². The molecule has 8 heteroatoms. The number of hydrogen-bond donors (Lipinski definition) is 1. The molecular formula is C11H22N4O2S2. The lowest BCUT2D eigenvalue weighted by molar-refractivity contribution is 0.562. The molecule has 0 amide bonds. The van der Waals surface area contributed by atoms with E-state index in [-0.39, 0.29) is 5.75 Å². The minimum Gasteiger partial charge on any atom is -0.324 e. The van der Waals surface area contributed by atoms with E-state index in [0.717, 1.165) is 17.5 Å². The minimum atomic E-state index is -3.09. The molecule has 6 nitrogen and oxygen atoms in total. The second-order valence-corrected chi connectivity index (χ2v) is 9.05. The SMILES string of the molecule is CCn1c(CN)nnc1SCCS(=O)(=O)C(C)(C)C. The van der Waals surface area contributed by atoms with Crippen LogP contribution in [-0.4, -0.2) is 39.4 Å². The van der Waals surface area contributed by atoms with Crippen LogP contribution in [0.4, 0.5) is 0 Å². The maximum absolute atomic E-state index is 12.0. The lowest BCUT2D eigenvalue weighted by Crippen LogP contribution is -2.31. The Balaban J connectivity index is 2.67. The van der Waals surface area contributed by atoms with Crippen LogP contribution in [0.2, 0.25) is 0 Å². The molecule has 1 heterocycles. The van der Waals surface area contributed by atoms with Crippen molar-refractivity contribution in [1.29, 1.82) is 0 Å². The fraction of sp³-hybridized carbons (Fsp3) is 0.818. The smallest absolute Gasteiger partial charge is 0.191 e. The van der Waals surface area contributed by atoms with Gasteiger partial charge >= 0.3 is 0 Å². The Morgan fingerprint density at radius 3 is 2.42 bits per heavy atom. The highest BCUT2D eigenvalue weighted by Crippen LogP contribution is 2.21. The fourth-order valence-electron chi connectivity index (χ4n) is 1.44. The van der Waals surface area contributed by atoms with E-state index in [1.54, 1.807) is 20.8 Å². The maximum atomic E-state index is 12.0. The Morgan fingerprint density at radius 1 is 1.32 bits per heavy atom. The van der Waals surface area contributed by atoms with Gasteiger partial charge in [-0.25, -0.2) is 8.42 Å². The van der Waals surface area contributed by atoms with Crippen molar-refractivity contribution in [2.24, 2.45) is 5.73 Å². The predicted octanol–water partition coefficient (Wildman–Crippen LogP) is 1.06. The van der Waals surface area contributed by atoms with Crippen molar-refractivity contribution in [3.05, 3.63) is 5.82 Å². The van der Waals surface area contributed by atoms with Gasteiger partial charge < -0.3 is 10.3 Å². The molecule has 19 heavy (non-hydrogen) atoms. The highest BCUT2D eigenvalue weighted by molar-refractivity contribution is 8.00. The van der Waals surface area contributed by atoms with Crippen LogP contribution in [0.25, 0.3) is 0 Å². The van der Waals surface area contributed by atoms with Crippen LogP contribution in [0.5, 0.6) is 0 Å². The monoisotopic (exact) mass is 306 g/mol. The molecule has 0 fully saturated rings. The van der Waals surface area contributed by atoms with Crippen LogP contribution >= 0.6 is 11.8 Å². The number of nitrogens with zero attached hydrogens (tertiary/aromatic N) is 3. The van der Waals surface area contributed by atoms with E-state index in [0.29, 0.717) is 12.3 Å². The first-order valence-corrected chi connectivity index (χ1v) is 8.84. The summed E-state index contributed by atoms with van der Waals surface area (Å²) >= 11 is 1.41. The number of hydrogen-bond acceptors (Lipinski definition) is 6. The van der Waals surface area contributed by atoms with Gasteiger partial charge in [0.05, 0.1) is 17.0 Å². The average Bonchev–Trinajstić information content (AvgIpc) is 2.69. The number of sulfone groups is 1. The van der Waals surface area contributed by atoms with E-state index in [4.69, 9.17) is 5.73 Å². The average molecular weight is 306 g/mol. The molecule has 1 aromatic rings.